The lowest BCUT2D eigenvalue weighted by Gasteiger charge is -2.29. The van der Waals surface area contributed by atoms with Gasteiger partial charge in [-0.1, -0.05) is 6.07 Å². The lowest BCUT2D eigenvalue weighted by Crippen LogP contribution is -2.54. The molecule has 0 bridgehead atoms. The van der Waals surface area contributed by atoms with Gasteiger partial charge in [0.2, 0.25) is 0 Å². The van der Waals surface area contributed by atoms with Gasteiger partial charge < -0.3 is 19.3 Å². The molecule has 1 aliphatic rings. The van der Waals surface area contributed by atoms with Crippen LogP contribution in [0.2, 0.25) is 0 Å². The summed E-state index contributed by atoms with van der Waals surface area (Å²) in [5.41, 5.74) is 0.833. The Morgan fingerprint density at radius 3 is 2.38 bits per heavy atom. The highest BCUT2D eigenvalue weighted by molar-refractivity contribution is 7.80. The molecule has 0 aliphatic carbocycles. The summed E-state index contributed by atoms with van der Waals surface area (Å²) in [6, 6.07) is 11.4. The van der Waals surface area contributed by atoms with Crippen molar-refractivity contribution in [3.05, 3.63) is 53.6 Å². The molecule has 3 rings (SSSR count). The van der Waals surface area contributed by atoms with Crippen molar-refractivity contribution in [3.63, 3.8) is 0 Å². The largest absolute Gasteiger partial charge is 0.494 e. The number of ether oxygens (including phenoxy) is 3. The summed E-state index contributed by atoms with van der Waals surface area (Å²) in [4.78, 5) is 38.1. The summed E-state index contributed by atoms with van der Waals surface area (Å²) in [5, 5.41) is 11.6. The molecule has 0 spiro atoms. The van der Waals surface area contributed by atoms with Crippen molar-refractivity contribution in [2.24, 2.45) is 0 Å². The number of nitrogens with one attached hydrogen (secondary N) is 1. The topological polar surface area (TPSA) is 114 Å². The van der Waals surface area contributed by atoms with E-state index in [0.29, 0.717) is 30.2 Å². The van der Waals surface area contributed by atoms with Gasteiger partial charge in [-0.3, -0.25) is 19.8 Å². The zero-order valence-corrected chi connectivity index (χ0v) is 19.7. The lowest BCUT2D eigenvalue weighted by atomic mass is 10.1. The SMILES string of the molecule is CCOc1ccc(N2C(=O)C(=Cc3ccc(OC(C)C(=O)O)c(OCC)c3)C(=O)NC2=S)cc1. The van der Waals surface area contributed by atoms with E-state index in [1.165, 1.54) is 24.0 Å². The summed E-state index contributed by atoms with van der Waals surface area (Å²) in [6.07, 6.45) is 0.325. The van der Waals surface area contributed by atoms with E-state index in [9.17, 15) is 14.4 Å². The van der Waals surface area contributed by atoms with Crippen LogP contribution < -0.4 is 24.4 Å². The van der Waals surface area contributed by atoms with Crippen molar-refractivity contribution in [2.75, 3.05) is 18.1 Å². The Hall–Kier alpha value is -3.92. The van der Waals surface area contributed by atoms with Gasteiger partial charge in [0, 0.05) is 0 Å². The summed E-state index contributed by atoms with van der Waals surface area (Å²) < 4.78 is 16.4. The van der Waals surface area contributed by atoms with E-state index in [-0.39, 0.29) is 22.2 Å². The quantitative estimate of drug-likeness (QED) is 0.317. The molecule has 1 aliphatic heterocycles. The highest BCUT2D eigenvalue weighted by atomic mass is 32.1. The molecule has 1 saturated heterocycles. The van der Waals surface area contributed by atoms with Gasteiger partial charge in [0.15, 0.2) is 22.7 Å². The van der Waals surface area contributed by atoms with E-state index in [1.54, 1.807) is 43.3 Å². The molecule has 2 aromatic carbocycles. The zero-order chi connectivity index (χ0) is 24.8. The van der Waals surface area contributed by atoms with Gasteiger partial charge in [0.1, 0.15) is 11.3 Å². The minimum absolute atomic E-state index is 0.0299. The number of thiocarbonyl (C=S) groups is 1. The highest BCUT2D eigenvalue weighted by Gasteiger charge is 2.34. The van der Waals surface area contributed by atoms with Crippen LogP contribution in [0.3, 0.4) is 0 Å². The van der Waals surface area contributed by atoms with Crippen molar-refractivity contribution in [3.8, 4) is 17.2 Å². The smallest absolute Gasteiger partial charge is 0.344 e. The molecule has 10 heteroatoms. The molecular weight excluding hydrogens is 460 g/mol. The Bertz CT molecular complexity index is 1140. The minimum atomic E-state index is -1.12. The number of carboxylic acids is 1. The molecule has 1 fully saturated rings. The van der Waals surface area contributed by atoms with Gasteiger partial charge in [-0.25, -0.2) is 4.79 Å². The number of aliphatic carboxylic acids is 1. The van der Waals surface area contributed by atoms with Crippen LogP contribution in [0.1, 0.15) is 26.3 Å². The van der Waals surface area contributed by atoms with Gasteiger partial charge in [-0.2, -0.15) is 0 Å². The van der Waals surface area contributed by atoms with Crippen molar-refractivity contribution in [2.45, 2.75) is 26.9 Å². The molecule has 1 heterocycles. The molecule has 9 nitrogen and oxygen atoms in total. The molecule has 0 saturated carbocycles. The van der Waals surface area contributed by atoms with Gasteiger partial charge in [-0.15, -0.1) is 0 Å². The fraction of sp³-hybridized carbons (Fsp3) is 0.250. The maximum atomic E-state index is 13.2. The number of hydrogen-bond donors (Lipinski definition) is 2. The van der Waals surface area contributed by atoms with E-state index in [0.717, 1.165) is 0 Å². The zero-order valence-electron chi connectivity index (χ0n) is 18.9. The third-order valence-electron chi connectivity index (χ3n) is 4.74. The molecular formula is C24H24N2O7S. The molecule has 2 N–H and O–H groups in total. The number of benzene rings is 2. The molecule has 0 aromatic heterocycles. The second kappa shape index (κ2) is 10.8. The number of carbonyl (C=O) groups is 3. The van der Waals surface area contributed by atoms with Crippen molar-refractivity contribution < 1.29 is 33.7 Å². The first-order chi connectivity index (χ1) is 16.2. The summed E-state index contributed by atoms with van der Waals surface area (Å²) >= 11 is 5.23. The highest BCUT2D eigenvalue weighted by Crippen LogP contribution is 2.31. The van der Waals surface area contributed by atoms with Gasteiger partial charge >= 0.3 is 5.97 Å². The van der Waals surface area contributed by atoms with E-state index < -0.39 is 23.9 Å². The minimum Gasteiger partial charge on any atom is -0.494 e. The maximum absolute atomic E-state index is 13.2. The van der Waals surface area contributed by atoms with Crippen LogP contribution in [0.15, 0.2) is 48.0 Å². The predicted molar refractivity (Wildman–Crippen MR) is 129 cm³/mol. The lowest BCUT2D eigenvalue weighted by molar-refractivity contribution is -0.144. The first kappa shape index (κ1) is 24.7. The average molecular weight is 485 g/mol. The van der Waals surface area contributed by atoms with Gasteiger partial charge in [0.05, 0.1) is 18.9 Å². The second-order valence-electron chi connectivity index (χ2n) is 7.12. The van der Waals surface area contributed by atoms with Gasteiger partial charge in [0.25, 0.3) is 11.8 Å². The number of anilines is 1. The number of rotatable bonds is 9. The summed E-state index contributed by atoms with van der Waals surface area (Å²) in [5.74, 6) is -1.18. The first-order valence-corrected chi connectivity index (χ1v) is 11.0. The van der Waals surface area contributed by atoms with Crippen molar-refractivity contribution in [1.29, 1.82) is 0 Å². The normalized spacial score (nSPS) is 15.7. The number of amides is 2. The van der Waals surface area contributed by atoms with Crippen LogP contribution in [0, 0.1) is 0 Å². The van der Waals surface area contributed by atoms with E-state index >= 15 is 0 Å². The first-order valence-electron chi connectivity index (χ1n) is 10.6. The molecule has 34 heavy (non-hydrogen) atoms. The standard InChI is InChI=1S/C24H24N2O7S/c1-4-31-17-9-7-16(8-10-17)26-22(28)18(21(27)25-24(26)34)12-15-6-11-19(20(13-15)32-5-2)33-14(3)23(29)30/h6-14H,4-5H2,1-3H3,(H,29,30)(H,25,27,34). The number of carbonyl (C=O) groups excluding carboxylic acids is 2. The Kier molecular flexibility index (Phi) is 7.85. The van der Waals surface area contributed by atoms with Crippen LogP contribution in [0.4, 0.5) is 5.69 Å². The van der Waals surface area contributed by atoms with Crippen molar-refractivity contribution >= 4 is 46.9 Å². The Morgan fingerprint density at radius 1 is 1.09 bits per heavy atom. The molecule has 1 atom stereocenters. The summed E-state index contributed by atoms with van der Waals surface area (Å²) in [6.45, 7) is 5.84. The molecule has 0 radical (unpaired) electrons. The summed E-state index contributed by atoms with van der Waals surface area (Å²) in [7, 11) is 0. The number of hydrogen-bond acceptors (Lipinski definition) is 7. The fourth-order valence-corrected chi connectivity index (χ4v) is 3.42. The van der Waals surface area contributed by atoms with Crippen LogP contribution in [0.5, 0.6) is 17.2 Å². The third-order valence-corrected chi connectivity index (χ3v) is 5.02. The van der Waals surface area contributed by atoms with Crippen LogP contribution >= 0.6 is 12.2 Å². The number of nitrogens with zero attached hydrogens (tertiary/aromatic N) is 1. The Balaban J connectivity index is 1.93. The van der Waals surface area contributed by atoms with E-state index in [1.807, 2.05) is 6.92 Å². The third kappa shape index (κ3) is 5.52. The number of carboxylic acid groups (broad SMARTS) is 1. The second-order valence-corrected chi connectivity index (χ2v) is 7.51. The van der Waals surface area contributed by atoms with Gasteiger partial charge in [-0.05, 0) is 81.0 Å². The Morgan fingerprint density at radius 2 is 1.76 bits per heavy atom. The van der Waals surface area contributed by atoms with Crippen LogP contribution in [-0.4, -0.2) is 47.3 Å². The fourth-order valence-electron chi connectivity index (χ4n) is 3.14. The van der Waals surface area contributed by atoms with Crippen LogP contribution in [-0.2, 0) is 14.4 Å². The van der Waals surface area contributed by atoms with E-state index in [2.05, 4.69) is 5.32 Å². The molecule has 178 valence electrons. The Labute approximate surface area is 201 Å². The maximum Gasteiger partial charge on any atom is 0.344 e. The monoisotopic (exact) mass is 484 g/mol. The molecule has 2 amide bonds. The average Bonchev–Trinajstić information content (AvgIpc) is 2.79. The molecule has 1 unspecified atom stereocenters. The van der Waals surface area contributed by atoms with Crippen LogP contribution in [0.25, 0.3) is 6.08 Å². The predicted octanol–water partition coefficient (Wildman–Crippen LogP) is 3.17. The van der Waals surface area contributed by atoms with E-state index in [4.69, 9.17) is 31.5 Å². The molecule has 2 aromatic rings. The van der Waals surface area contributed by atoms with Crippen molar-refractivity contribution in [1.82, 2.24) is 5.32 Å².